The summed E-state index contributed by atoms with van der Waals surface area (Å²) in [6, 6.07) is 7.45. The zero-order valence-corrected chi connectivity index (χ0v) is 13.3. The molecule has 0 amide bonds. The minimum absolute atomic E-state index is 0.0830. The maximum atomic E-state index is 11.3. The lowest BCUT2D eigenvalue weighted by molar-refractivity contribution is 0.101. The predicted molar refractivity (Wildman–Crippen MR) is 86.0 cm³/mol. The second-order valence-corrected chi connectivity index (χ2v) is 6.19. The van der Waals surface area contributed by atoms with Gasteiger partial charge in [0.25, 0.3) is 0 Å². The van der Waals surface area contributed by atoms with E-state index in [1.54, 1.807) is 6.92 Å². The molecule has 0 unspecified atom stereocenters. The molecule has 1 aliphatic heterocycles. The molecule has 1 fully saturated rings. The van der Waals surface area contributed by atoms with Crippen molar-refractivity contribution in [2.75, 3.05) is 26.2 Å². The van der Waals surface area contributed by atoms with Crippen molar-refractivity contribution in [3.05, 3.63) is 29.8 Å². The molecule has 1 aliphatic rings. The number of unbranched alkanes of at least 4 members (excludes halogenated alkanes) is 1. The normalized spacial score (nSPS) is 19.4. The van der Waals surface area contributed by atoms with Gasteiger partial charge in [-0.05, 0) is 63.7 Å². The van der Waals surface area contributed by atoms with E-state index in [9.17, 15) is 4.79 Å². The van der Waals surface area contributed by atoms with Gasteiger partial charge in [0.15, 0.2) is 5.78 Å². The van der Waals surface area contributed by atoms with Crippen LogP contribution >= 0.6 is 0 Å². The van der Waals surface area contributed by atoms with Gasteiger partial charge in [-0.3, -0.25) is 4.79 Å². The molecular weight excluding hydrogens is 262 g/mol. The topological polar surface area (TPSA) is 29.5 Å². The third-order valence-electron chi connectivity index (χ3n) is 4.12. The highest BCUT2D eigenvalue weighted by Crippen LogP contribution is 2.16. The van der Waals surface area contributed by atoms with Crippen molar-refractivity contribution >= 4 is 5.78 Å². The molecule has 21 heavy (non-hydrogen) atoms. The number of benzene rings is 1. The number of nitrogens with zero attached hydrogens (tertiary/aromatic N) is 1. The van der Waals surface area contributed by atoms with Crippen molar-refractivity contribution in [3.63, 3.8) is 0 Å². The molecule has 0 saturated carbocycles. The Hall–Kier alpha value is -1.35. The Morgan fingerprint density at radius 1 is 1.38 bits per heavy atom. The fourth-order valence-electron chi connectivity index (χ4n) is 2.92. The third-order valence-corrected chi connectivity index (χ3v) is 4.12. The van der Waals surface area contributed by atoms with Gasteiger partial charge in [0.05, 0.1) is 6.61 Å². The van der Waals surface area contributed by atoms with Gasteiger partial charge in [-0.1, -0.05) is 19.1 Å². The molecule has 0 aromatic heterocycles. The first-order valence-electron chi connectivity index (χ1n) is 8.11. The van der Waals surface area contributed by atoms with Crippen LogP contribution in [0.25, 0.3) is 0 Å². The fraction of sp³-hybridized carbons (Fsp3) is 0.611. The highest BCUT2D eigenvalue weighted by Gasteiger charge is 2.15. The summed E-state index contributed by atoms with van der Waals surface area (Å²) < 4.78 is 5.74. The van der Waals surface area contributed by atoms with Crippen molar-refractivity contribution in [3.8, 4) is 5.75 Å². The first kappa shape index (κ1) is 16.0. The molecular formula is C18H27NO2. The second kappa shape index (κ2) is 8.18. The number of rotatable bonds is 7. The number of likely N-dealkylation sites (tertiary alicyclic amines) is 1. The van der Waals surface area contributed by atoms with E-state index >= 15 is 0 Å². The van der Waals surface area contributed by atoms with Crippen molar-refractivity contribution in [2.24, 2.45) is 5.92 Å². The second-order valence-electron chi connectivity index (χ2n) is 6.19. The van der Waals surface area contributed by atoms with Gasteiger partial charge < -0.3 is 9.64 Å². The lowest BCUT2D eigenvalue weighted by Crippen LogP contribution is -2.35. The van der Waals surface area contributed by atoms with E-state index in [0.717, 1.165) is 30.3 Å². The summed E-state index contributed by atoms with van der Waals surface area (Å²) in [7, 11) is 0. The molecule has 3 nitrogen and oxygen atoms in total. The van der Waals surface area contributed by atoms with Crippen LogP contribution in [0.5, 0.6) is 5.75 Å². The Morgan fingerprint density at radius 3 is 3.00 bits per heavy atom. The summed E-state index contributed by atoms with van der Waals surface area (Å²) >= 11 is 0. The molecule has 0 N–H and O–H groups in total. The van der Waals surface area contributed by atoms with Crippen molar-refractivity contribution < 1.29 is 9.53 Å². The van der Waals surface area contributed by atoms with E-state index < -0.39 is 0 Å². The fourth-order valence-corrected chi connectivity index (χ4v) is 2.92. The van der Waals surface area contributed by atoms with E-state index in [4.69, 9.17) is 4.74 Å². The summed E-state index contributed by atoms with van der Waals surface area (Å²) in [6.45, 7) is 8.34. The first-order chi connectivity index (χ1) is 10.1. The van der Waals surface area contributed by atoms with E-state index in [1.807, 2.05) is 24.3 Å². The molecule has 0 bridgehead atoms. The molecule has 1 aromatic rings. The molecule has 1 aromatic carbocycles. The first-order valence-corrected chi connectivity index (χ1v) is 8.11. The highest BCUT2D eigenvalue weighted by molar-refractivity contribution is 5.94. The van der Waals surface area contributed by atoms with Gasteiger partial charge in [0.1, 0.15) is 5.75 Å². The van der Waals surface area contributed by atoms with Gasteiger partial charge in [-0.15, -0.1) is 0 Å². The molecule has 0 radical (unpaired) electrons. The molecule has 2 rings (SSSR count). The number of carbonyl (C=O) groups is 1. The van der Waals surface area contributed by atoms with Gasteiger partial charge in [0, 0.05) is 12.1 Å². The maximum absolute atomic E-state index is 11.3. The molecule has 0 aliphatic carbocycles. The average Bonchev–Trinajstić information content (AvgIpc) is 2.47. The Labute approximate surface area is 128 Å². The monoisotopic (exact) mass is 289 g/mol. The number of piperidine rings is 1. The van der Waals surface area contributed by atoms with Gasteiger partial charge in [-0.2, -0.15) is 0 Å². The van der Waals surface area contributed by atoms with Crippen LogP contribution in [0.3, 0.4) is 0 Å². The molecule has 116 valence electrons. The summed E-state index contributed by atoms with van der Waals surface area (Å²) in [5.41, 5.74) is 0.717. The van der Waals surface area contributed by atoms with Gasteiger partial charge in [0.2, 0.25) is 0 Å². The standard InChI is InChI=1S/C18H27NO2/c1-15-7-6-11-19(14-15)10-3-4-12-21-18-9-5-8-17(13-18)16(2)20/h5,8-9,13,15H,3-4,6-7,10-12,14H2,1-2H3/t15-/m0/s1. The number of hydrogen-bond donors (Lipinski definition) is 0. The van der Waals surface area contributed by atoms with Crippen molar-refractivity contribution in [1.82, 2.24) is 4.90 Å². The zero-order chi connectivity index (χ0) is 15.1. The van der Waals surface area contributed by atoms with Crippen LogP contribution in [0.15, 0.2) is 24.3 Å². The minimum atomic E-state index is 0.0830. The third kappa shape index (κ3) is 5.50. The Kier molecular flexibility index (Phi) is 6.24. The largest absolute Gasteiger partial charge is 0.494 e. The highest BCUT2D eigenvalue weighted by atomic mass is 16.5. The number of ether oxygens (including phenoxy) is 1. The van der Waals surface area contributed by atoms with Gasteiger partial charge >= 0.3 is 0 Å². The van der Waals surface area contributed by atoms with Crippen LogP contribution in [0.4, 0.5) is 0 Å². The maximum Gasteiger partial charge on any atom is 0.159 e. The van der Waals surface area contributed by atoms with Gasteiger partial charge in [-0.25, -0.2) is 0 Å². The Bertz CT molecular complexity index is 458. The molecule has 1 heterocycles. The minimum Gasteiger partial charge on any atom is -0.494 e. The van der Waals surface area contributed by atoms with Crippen LogP contribution in [0.1, 0.15) is 49.9 Å². The molecule has 3 heteroatoms. The number of Topliss-reactive ketones (excluding diaryl/α,β-unsaturated/α-hetero) is 1. The number of ketones is 1. The number of carbonyl (C=O) groups excluding carboxylic acids is 1. The van der Waals surface area contributed by atoms with E-state index in [-0.39, 0.29) is 5.78 Å². The smallest absolute Gasteiger partial charge is 0.159 e. The zero-order valence-electron chi connectivity index (χ0n) is 13.3. The molecule has 0 spiro atoms. The van der Waals surface area contributed by atoms with Crippen LogP contribution in [0.2, 0.25) is 0 Å². The number of hydrogen-bond acceptors (Lipinski definition) is 3. The van der Waals surface area contributed by atoms with Crippen LogP contribution in [0, 0.1) is 5.92 Å². The lowest BCUT2D eigenvalue weighted by Gasteiger charge is -2.30. The lowest BCUT2D eigenvalue weighted by atomic mass is 10.0. The van der Waals surface area contributed by atoms with Crippen molar-refractivity contribution in [1.29, 1.82) is 0 Å². The van der Waals surface area contributed by atoms with Crippen LogP contribution in [-0.4, -0.2) is 36.9 Å². The molecule has 1 saturated heterocycles. The average molecular weight is 289 g/mol. The van der Waals surface area contributed by atoms with E-state index in [0.29, 0.717) is 0 Å². The summed E-state index contributed by atoms with van der Waals surface area (Å²) in [6.07, 6.45) is 4.97. The van der Waals surface area contributed by atoms with Crippen LogP contribution < -0.4 is 4.74 Å². The van der Waals surface area contributed by atoms with E-state index in [2.05, 4.69) is 11.8 Å². The Balaban J connectivity index is 1.63. The Morgan fingerprint density at radius 2 is 2.24 bits per heavy atom. The summed E-state index contributed by atoms with van der Waals surface area (Å²) in [5, 5.41) is 0. The van der Waals surface area contributed by atoms with Crippen LogP contribution in [-0.2, 0) is 0 Å². The predicted octanol–water partition coefficient (Wildman–Crippen LogP) is 3.78. The summed E-state index contributed by atoms with van der Waals surface area (Å²) in [5.74, 6) is 1.73. The van der Waals surface area contributed by atoms with Crippen molar-refractivity contribution in [2.45, 2.75) is 39.5 Å². The summed E-state index contributed by atoms with van der Waals surface area (Å²) in [4.78, 5) is 13.9. The van der Waals surface area contributed by atoms with E-state index in [1.165, 1.54) is 38.9 Å². The molecule has 1 atom stereocenters. The quantitative estimate of drug-likeness (QED) is 0.565. The SMILES string of the molecule is CC(=O)c1cccc(OCCCCN2CCC[C@H](C)C2)c1.